The molecule has 5 heteroatoms. The molecule has 0 radical (unpaired) electrons. The number of fused-ring (bicyclic) bond motifs is 1. The lowest BCUT2D eigenvalue weighted by molar-refractivity contribution is 0.389. The molecule has 3 N–H and O–H groups in total. The zero-order valence-corrected chi connectivity index (χ0v) is 7.61. The highest BCUT2D eigenvalue weighted by Gasteiger charge is 2.21. The number of nitrogens with one attached hydrogen (secondary N) is 1. The summed E-state index contributed by atoms with van der Waals surface area (Å²) in [5, 5.41) is 3.22. The number of nitrogens with zero attached hydrogens (tertiary/aromatic N) is 2. The summed E-state index contributed by atoms with van der Waals surface area (Å²) in [7, 11) is 3.47. The van der Waals surface area contributed by atoms with Crippen LogP contribution in [0.4, 0.5) is 11.4 Å². The minimum atomic E-state index is 0.798. The van der Waals surface area contributed by atoms with Gasteiger partial charge in [-0.3, -0.25) is 5.43 Å². The monoisotopic (exact) mass is 180 g/mol. The van der Waals surface area contributed by atoms with E-state index in [1.165, 1.54) is 5.12 Å². The molecule has 0 fully saturated rings. The van der Waals surface area contributed by atoms with Gasteiger partial charge in [-0.15, -0.1) is 5.12 Å². The fourth-order valence-electron chi connectivity index (χ4n) is 1.31. The molecular weight excluding hydrogens is 168 g/mol. The summed E-state index contributed by atoms with van der Waals surface area (Å²) >= 11 is 0. The molecule has 0 saturated heterocycles. The van der Waals surface area contributed by atoms with Crippen molar-refractivity contribution in [2.24, 2.45) is 5.84 Å². The van der Waals surface area contributed by atoms with E-state index >= 15 is 0 Å². The fourth-order valence-corrected chi connectivity index (χ4v) is 1.31. The summed E-state index contributed by atoms with van der Waals surface area (Å²) in [5.74, 6) is 6.55. The maximum absolute atomic E-state index is 5.75. The van der Waals surface area contributed by atoms with Crippen molar-refractivity contribution in [2.75, 3.05) is 24.7 Å². The summed E-state index contributed by atoms with van der Waals surface area (Å²) < 4.78 is 5.09. The number of nitrogens with two attached hydrogens (primary N) is 1. The Morgan fingerprint density at radius 2 is 2.23 bits per heavy atom. The van der Waals surface area contributed by atoms with Crippen molar-refractivity contribution < 1.29 is 4.74 Å². The Labute approximate surface area is 76.6 Å². The van der Waals surface area contributed by atoms with Crippen LogP contribution >= 0.6 is 0 Å². The van der Waals surface area contributed by atoms with Crippen molar-refractivity contribution in [3.8, 4) is 5.75 Å². The van der Waals surface area contributed by atoms with Crippen LogP contribution < -0.4 is 21.1 Å². The van der Waals surface area contributed by atoms with Gasteiger partial charge in [0.2, 0.25) is 0 Å². The molecule has 0 aromatic heterocycles. The molecule has 1 aliphatic rings. The summed E-state index contributed by atoms with van der Waals surface area (Å²) in [6.45, 7) is 0. The van der Waals surface area contributed by atoms with Crippen LogP contribution in [0.2, 0.25) is 0 Å². The maximum Gasteiger partial charge on any atom is 0.121 e. The van der Waals surface area contributed by atoms with E-state index in [1.54, 1.807) is 12.2 Å². The Bertz CT molecular complexity index is 328. The van der Waals surface area contributed by atoms with Gasteiger partial charge < -0.3 is 4.74 Å². The number of hydrogen-bond donors (Lipinski definition) is 2. The molecule has 2 rings (SSSR count). The minimum absolute atomic E-state index is 0.798. The van der Waals surface area contributed by atoms with Gasteiger partial charge in [-0.1, -0.05) is 0 Å². The van der Waals surface area contributed by atoms with Crippen LogP contribution in [-0.4, -0.2) is 19.3 Å². The lowest BCUT2D eigenvalue weighted by atomic mass is 10.2. The van der Waals surface area contributed by atoms with Gasteiger partial charge in [0.15, 0.2) is 0 Å². The van der Waals surface area contributed by atoms with E-state index in [4.69, 9.17) is 10.6 Å². The molecule has 0 unspecified atom stereocenters. The van der Waals surface area contributed by atoms with Crippen molar-refractivity contribution in [3.05, 3.63) is 18.2 Å². The number of methoxy groups -OCH3 is 1. The van der Waals surface area contributed by atoms with E-state index in [0.29, 0.717) is 0 Å². The Balaban J connectivity index is 2.42. The van der Waals surface area contributed by atoms with E-state index in [2.05, 4.69) is 5.43 Å². The first-order valence-corrected chi connectivity index (χ1v) is 3.95. The lowest BCUT2D eigenvalue weighted by Gasteiger charge is -2.19. The molecular formula is C8H12N4O. The smallest absolute Gasteiger partial charge is 0.121 e. The van der Waals surface area contributed by atoms with E-state index < -0.39 is 0 Å². The van der Waals surface area contributed by atoms with Gasteiger partial charge in [0.1, 0.15) is 11.4 Å². The Kier molecular flexibility index (Phi) is 1.75. The van der Waals surface area contributed by atoms with Gasteiger partial charge >= 0.3 is 0 Å². The number of benzene rings is 1. The number of ether oxygens (including phenoxy) is 1. The van der Waals surface area contributed by atoms with Gasteiger partial charge in [0.25, 0.3) is 0 Å². The predicted octanol–water partition coefficient (Wildman–Crippen LogP) is 0.563. The standard InChI is InChI=1S/C8H12N4O/c1-11-10-7-4-3-6(13-2)5-8(7)12(11)9/h3-5,10H,9H2,1-2H3. The third-order valence-corrected chi connectivity index (χ3v) is 2.06. The molecule has 0 amide bonds. The summed E-state index contributed by atoms with van der Waals surface area (Å²) in [6.07, 6.45) is 0. The molecule has 0 aliphatic carbocycles. The second-order valence-corrected chi connectivity index (χ2v) is 2.86. The van der Waals surface area contributed by atoms with Gasteiger partial charge in [0.05, 0.1) is 12.8 Å². The molecule has 1 aromatic carbocycles. The average Bonchev–Trinajstić information content (AvgIpc) is 2.43. The lowest BCUT2D eigenvalue weighted by Crippen LogP contribution is -2.43. The van der Waals surface area contributed by atoms with E-state index in [9.17, 15) is 0 Å². The zero-order valence-electron chi connectivity index (χ0n) is 7.61. The van der Waals surface area contributed by atoms with Crippen molar-refractivity contribution in [1.29, 1.82) is 0 Å². The summed E-state index contributed by atoms with van der Waals surface area (Å²) in [4.78, 5) is 0. The Hall–Kier alpha value is -1.46. The van der Waals surface area contributed by atoms with E-state index in [-0.39, 0.29) is 0 Å². The fraction of sp³-hybridized carbons (Fsp3) is 0.250. The largest absolute Gasteiger partial charge is 0.497 e. The number of hydrazine groups is 3. The third kappa shape index (κ3) is 1.18. The molecule has 0 spiro atoms. The SMILES string of the molecule is COc1ccc2c(c1)N(N)N(C)N2. The second kappa shape index (κ2) is 2.79. The highest BCUT2D eigenvalue weighted by molar-refractivity contribution is 5.73. The molecule has 0 bridgehead atoms. The number of anilines is 2. The van der Waals surface area contributed by atoms with Gasteiger partial charge in [-0.05, 0) is 12.1 Å². The van der Waals surface area contributed by atoms with Gasteiger partial charge in [-0.2, -0.15) is 0 Å². The number of rotatable bonds is 1. The molecule has 0 saturated carbocycles. The van der Waals surface area contributed by atoms with Crippen molar-refractivity contribution in [1.82, 2.24) is 5.12 Å². The van der Waals surface area contributed by atoms with Crippen molar-refractivity contribution >= 4 is 11.4 Å². The van der Waals surface area contributed by atoms with Crippen LogP contribution in [0.1, 0.15) is 0 Å². The van der Waals surface area contributed by atoms with Crippen LogP contribution in [0, 0.1) is 0 Å². The predicted molar refractivity (Wildman–Crippen MR) is 51.0 cm³/mol. The molecule has 13 heavy (non-hydrogen) atoms. The van der Waals surface area contributed by atoms with Crippen LogP contribution in [0.5, 0.6) is 5.75 Å². The van der Waals surface area contributed by atoms with E-state index in [0.717, 1.165) is 17.1 Å². The van der Waals surface area contributed by atoms with Crippen LogP contribution in [0.15, 0.2) is 18.2 Å². The molecule has 5 nitrogen and oxygen atoms in total. The summed E-state index contributed by atoms with van der Waals surface area (Å²) in [6, 6.07) is 5.70. The molecule has 1 aliphatic heterocycles. The average molecular weight is 180 g/mol. The second-order valence-electron chi connectivity index (χ2n) is 2.86. The maximum atomic E-state index is 5.75. The van der Waals surface area contributed by atoms with Gasteiger partial charge in [0, 0.05) is 13.1 Å². The Morgan fingerprint density at radius 3 is 2.92 bits per heavy atom. The molecule has 1 aromatic rings. The third-order valence-electron chi connectivity index (χ3n) is 2.06. The normalized spacial score (nSPS) is 15.5. The topological polar surface area (TPSA) is 53.8 Å². The molecule has 0 atom stereocenters. The quantitative estimate of drug-likeness (QED) is 0.618. The van der Waals surface area contributed by atoms with Crippen LogP contribution in [0.3, 0.4) is 0 Å². The first-order valence-electron chi connectivity index (χ1n) is 3.95. The first-order chi connectivity index (χ1) is 6.22. The highest BCUT2D eigenvalue weighted by atomic mass is 16.5. The van der Waals surface area contributed by atoms with Crippen molar-refractivity contribution in [3.63, 3.8) is 0 Å². The summed E-state index contributed by atoms with van der Waals surface area (Å²) in [5.41, 5.74) is 4.96. The zero-order chi connectivity index (χ0) is 9.42. The molecule has 70 valence electrons. The first kappa shape index (κ1) is 8.15. The molecule has 1 heterocycles. The van der Waals surface area contributed by atoms with E-state index in [1.807, 2.05) is 25.2 Å². The minimum Gasteiger partial charge on any atom is -0.497 e. The van der Waals surface area contributed by atoms with Crippen molar-refractivity contribution in [2.45, 2.75) is 0 Å². The van der Waals surface area contributed by atoms with Gasteiger partial charge in [-0.25, -0.2) is 11.0 Å². The van der Waals surface area contributed by atoms with Crippen LogP contribution in [0.25, 0.3) is 0 Å². The Morgan fingerprint density at radius 1 is 1.46 bits per heavy atom. The number of hydrogen-bond acceptors (Lipinski definition) is 5. The highest BCUT2D eigenvalue weighted by Crippen LogP contribution is 2.33. The van der Waals surface area contributed by atoms with Crippen LogP contribution in [-0.2, 0) is 0 Å².